The first-order valence-corrected chi connectivity index (χ1v) is 9.93. The molecule has 0 aliphatic carbocycles. The topological polar surface area (TPSA) is 82.9 Å². The first-order valence-electron chi connectivity index (χ1n) is 9.06. The second-order valence-corrected chi connectivity index (χ2v) is 7.73. The summed E-state index contributed by atoms with van der Waals surface area (Å²) in [5.41, 5.74) is 3.35. The van der Waals surface area contributed by atoms with Crippen molar-refractivity contribution in [1.82, 2.24) is 15.3 Å². The van der Waals surface area contributed by atoms with Gasteiger partial charge in [0.1, 0.15) is 10.4 Å². The van der Waals surface area contributed by atoms with Crippen LogP contribution in [0.4, 0.5) is 5.95 Å². The molecular formula is C20H21N5OS. The number of rotatable bonds is 4. The minimum atomic E-state index is 0.369. The molecule has 2 aromatic heterocycles. The summed E-state index contributed by atoms with van der Waals surface area (Å²) in [7, 11) is 0. The number of aryl methyl sites for hydroxylation is 2. The highest BCUT2D eigenvalue weighted by molar-refractivity contribution is 7.17. The molecule has 0 unspecified atom stereocenters. The Labute approximate surface area is 162 Å². The lowest BCUT2D eigenvalue weighted by Crippen LogP contribution is -2.35. The van der Waals surface area contributed by atoms with Crippen LogP contribution >= 0.6 is 11.3 Å². The summed E-state index contributed by atoms with van der Waals surface area (Å²) in [4.78, 5) is 9.32. The van der Waals surface area contributed by atoms with Gasteiger partial charge in [-0.05, 0) is 74.5 Å². The van der Waals surface area contributed by atoms with Crippen LogP contribution in [-0.2, 0) is 0 Å². The Balaban J connectivity index is 1.69. The van der Waals surface area contributed by atoms with E-state index >= 15 is 0 Å². The van der Waals surface area contributed by atoms with Crippen LogP contribution in [0.5, 0.6) is 11.6 Å². The molecule has 7 heteroatoms. The number of aromatic nitrogens is 2. The highest BCUT2D eigenvalue weighted by Crippen LogP contribution is 2.35. The predicted octanol–water partition coefficient (Wildman–Crippen LogP) is 4.14. The molecule has 1 aliphatic rings. The van der Waals surface area contributed by atoms with Crippen LogP contribution in [0.15, 0.2) is 23.6 Å². The number of benzene rings is 1. The van der Waals surface area contributed by atoms with E-state index in [1.165, 1.54) is 0 Å². The van der Waals surface area contributed by atoms with E-state index in [0.29, 0.717) is 23.4 Å². The van der Waals surface area contributed by atoms with Crippen LogP contribution in [0.3, 0.4) is 0 Å². The Morgan fingerprint density at radius 2 is 1.96 bits per heavy atom. The lowest BCUT2D eigenvalue weighted by molar-refractivity contribution is 0.458. The van der Waals surface area contributed by atoms with Crippen molar-refractivity contribution >= 4 is 27.5 Å². The van der Waals surface area contributed by atoms with E-state index in [2.05, 4.69) is 26.7 Å². The average Bonchev–Trinajstić information content (AvgIpc) is 3.14. The Hall–Kier alpha value is -2.69. The maximum atomic E-state index is 9.15. The van der Waals surface area contributed by atoms with E-state index in [1.54, 1.807) is 11.3 Å². The third-order valence-corrected chi connectivity index (χ3v) is 5.62. The number of nitrogens with zero attached hydrogens (tertiary/aromatic N) is 3. The molecule has 138 valence electrons. The molecule has 0 saturated carbocycles. The average molecular weight is 379 g/mol. The molecule has 1 saturated heterocycles. The molecule has 1 aromatic carbocycles. The SMILES string of the molecule is Cc1cc(C#N)cc(C)c1Oc1nc(NC2CCNCC2)nc2ccsc12. The Morgan fingerprint density at radius 1 is 1.22 bits per heavy atom. The lowest BCUT2D eigenvalue weighted by Gasteiger charge is -2.23. The monoisotopic (exact) mass is 379 g/mol. The first-order chi connectivity index (χ1) is 13.1. The van der Waals surface area contributed by atoms with E-state index in [1.807, 2.05) is 37.4 Å². The van der Waals surface area contributed by atoms with Gasteiger partial charge < -0.3 is 15.4 Å². The number of nitrogens with one attached hydrogen (secondary N) is 2. The fraction of sp³-hybridized carbons (Fsp3) is 0.350. The van der Waals surface area contributed by atoms with Crippen LogP contribution in [0.1, 0.15) is 29.5 Å². The van der Waals surface area contributed by atoms with Crippen molar-refractivity contribution in [3.63, 3.8) is 0 Å². The Kier molecular flexibility index (Phi) is 4.92. The highest BCUT2D eigenvalue weighted by atomic mass is 32.1. The van der Waals surface area contributed by atoms with Gasteiger partial charge >= 0.3 is 0 Å². The largest absolute Gasteiger partial charge is 0.437 e. The Bertz CT molecular complexity index is 994. The van der Waals surface area contributed by atoms with E-state index in [9.17, 15) is 0 Å². The fourth-order valence-electron chi connectivity index (χ4n) is 3.39. The summed E-state index contributed by atoms with van der Waals surface area (Å²) in [5.74, 6) is 1.91. The predicted molar refractivity (Wildman–Crippen MR) is 108 cm³/mol. The normalized spacial score (nSPS) is 14.9. The number of nitriles is 1. The standard InChI is InChI=1S/C20H21N5OS/c1-12-9-14(11-21)10-13(2)17(12)26-19-18-16(5-8-27-18)24-20(25-19)23-15-3-6-22-7-4-15/h5,8-10,15,22H,3-4,6-7H2,1-2H3,(H,23,24,25). The number of fused-ring (bicyclic) bond motifs is 1. The van der Waals surface area contributed by atoms with Crippen LogP contribution in [0.2, 0.25) is 0 Å². The summed E-state index contributed by atoms with van der Waals surface area (Å²) < 4.78 is 7.16. The first kappa shape index (κ1) is 17.7. The zero-order chi connectivity index (χ0) is 18.8. The van der Waals surface area contributed by atoms with Gasteiger partial charge in [-0.2, -0.15) is 10.2 Å². The number of piperidine rings is 1. The minimum absolute atomic E-state index is 0.369. The van der Waals surface area contributed by atoms with Gasteiger partial charge in [0.2, 0.25) is 11.8 Å². The molecule has 0 bridgehead atoms. The zero-order valence-corrected chi connectivity index (χ0v) is 16.2. The van der Waals surface area contributed by atoms with E-state index < -0.39 is 0 Å². The van der Waals surface area contributed by atoms with Crippen LogP contribution in [-0.4, -0.2) is 29.1 Å². The molecule has 1 aliphatic heterocycles. The quantitative estimate of drug-likeness (QED) is 0.709. The Morgan fingerprint density at radius 3 is 2.67 bits per heavy atom. The zero-order valence-electron chi connectivity index (χ0n) is 15.4. The van der Waals surface area contributed by atoms with E-state index in [0.717, 1.165) is 53.0 Å². The van der Waals surface area contributed by atoms with E-state index in [4.69, 9.17) is 10.00 Å². The molecule has 3 aromatic rings. The van der Waals surface area contributed by atoms with Crippen molar-refractivity contribution in [1.29, 1.82) is 5.26 Å². The third kappa shape index (κ3) is 3.72. The molecule has 3 heterocycles. The fourth-order valence-corrected chi connectivity index (χ4v) is 4.15. The van der Waals surface area contributed by atoms with Gasteiger partial charge in [-0.25, -0.2) is 4.98 Å². The van der Waals surface area contributed by atoms with Crippen molar-refractivity contribution in [2.45, 2.75) is 32.7 Å². The van der Waals surface area contributed by atoms with Gasteiger partial charge in [-0.15, -0.1) is 11.3 Å². The molecule has 4 rings (SSSR count). The van der Waals surface area contributed by atoms with E-state index in [-0.39, 0.29) is 0 Å². The van der Waals surface area contributed by atoms with Crippen molar-refractivity contribution in [3.05, 3.63) is 40.3 Å². The summed E-state index contributed by atoms with van der Waals surface area (Å²) >= 11 is 1.57. The molecule has 0 amide bonds. The molecule has 2 N–H and O–H groups in total. The second kappa shape index (κ2) is 7.51. The number of hydrogen-bond acceptors (Lipinski definition) is 7. The highest BCUT2D eigenvalue weighted by Gasteiger charge is 2.18. The number of hydrogen-bond donors (Lipinski definition) is 2. The number of thiophene rings is 1. The van der Waals surface area contributed by atoms with Crippen LogP contribution in [0, 0.1) is 25.2 Å². The van der Waals surface area contributed by atoms with Crippen molar-refractivity contribution in [3.8, 4) is 17.7 Å². The lowest BCUT2D eigenvalue weighted by atomic mass is 10.1. The second-order valence-electron chi connectivity index (χ2n) is 6.81. The van der Waals surface area contributed by atoms with Crippen LogP contribution < -0.4 is 15.4 Å². The summed E-state index contributed by atoms with van der Waals surface area (Å²) in [6, 6.07) is 8.21. The molecular weight excluding hydrogens is 358 g/mol. The number of anilines is 1. The molecule has 0 atom stereocenters. The maximum Gasteiger partial charge on any atom is 0.242 e. The molecule has 0 radical (unpaired) electrons. The van der Waals surface area contributed by atoms with Crippen molar-refractivity contribution in [2.24, 2.45) is 0 Å². The van der Waals surface area contributed by atoms with Gasteiger partial charge in [0, 0.05) is 6.04 Å². The van der Waals surface area contributed by atoms with Gasteiger partial charge in [-0.1, -0.05) is 0 Å². The van der Waals surface area contributed by atoms with Gasteiger partial charge in [-0.3, -0.25) is 0 Å². The molecule has 27 heavy (non-hydrogen) atoms. The van der Waals surface area contributed by atoms with Gasteiger partial charge in [0.15, 0.2) is 0 Å². The van der Waals surface area contributed by atoms with Crippen molar-refractivity contribution in [2.75, 3.05) is 18.4 Å². The summed E-state index contributed by atoms with van der Waals surface area (Å²) in [6.45, 7) is 5.91. The third-order valence-electron chi connectivity index (χ3n) is 4.73. The summed E-state index contributed by atoms with van der Waals surface area (Å²) in [5, 5.41) is 18.0. The number of ether oxygens (including phenoxy) is 1. The van der Waals surface area contributed by atoms with Crippen LogP contribution in [0.25, 0.3) is 10.2 Å². The molecule has 6 nitrogen and oxygen atoms in total. The van der Waals surface area contributed by atoms with Gasteiger partial charge in [0.05, 0.1) is 17.1 Å². The molecule has 0 spiro atoms. The smallest absolute Gasteiger partial charge is 0.242 e. The van der Waals surface area contributed by atoms with Crippen molar-refractivity contribution < 1.29 is 4.74 Å². The minimum Gasteiger partial charge on any atom is -0.437 e. The molecule has 1 fully saturated rings. The summed E-state index contributed by atoms with van der Waals surface area (Å²) in [6.07, 6.45) is 2.10. The maximum absolute atomic E-state index is 9.15. The van der Waals surface area contributed by atoms with Gasteiger partial charge in [0.25, 0.3) is 0 Å².